The van der Waals surface area contributed by atoms with Gasteiger partial charge in [0.15, 0.2) is 9.84 Å². The number of sulfone groups is 1. The lowest BCUT2D eigenvalue weighted by atomic mass is 10.1. The molecule has 2 nitrogen and oxygen atoms in total. The highest BCUT2D eigenvalue weighted by molar-refractivity contribution is 7.90. The molecule has 0 aliphatic carbocycles. The summed E-state index contributed by atoms with van der Waals surface area (Å²) in [6.45, 7) is 1.81. The summed E-state index contributed by atoms with van der Waals surface area (Å²) in [4.78, 5) is 0.368. The summed E-state index contributed by atoms with van der Waals surface area (Å²) in [5.74, 6) is 5.80. The van der Waals surface area contributed by atoms with Crippen molar-refractivity contribution in [3.05, 3.63) is 29.8 Å². The van der Waals surface area contributed by atoms with Crippen molar-refractivity contribution in [1.82, 2.24) is 0 Å². The molecule has 0 saturated carbocycles. The molecule has 0 fully saturated rings. The second-order valence-corrected chi connectivity index (χ2v) is 5.36. The van der Waals surface area contributed by atoms with Gasteiger partial charge in [-0.05, 0) is 31.0 Å². The van der Waals surface area contributed by atoms with Crippen LogP contribution in [0, 0.1) is 11.8 Å². The van der Waals surface area contributed by atoms with Gasteiger partial charge in [0.25, 0.3) is 0 Å². The van der Waals surface area contributed by atoms with Gasteiger partial charge in [-0.25, -0.2) is 8.42 Å². The third-order valence-corrected chi connectivity index (χ3v) is 3.20. The molecule has 0 aliphatic heterocycles. The zero-order valence-corrected chi connectivity index (χ0v) is 9.76. The van der Waals surface area contributed by atoms with E-state index < -0.39 is 9.84 Å². The van der Waals surface area contributed by atoms with Crippen LogP contribution < -0.4 is 0 Å². The molecular weight excluding hydrogens is 208 g/mol. The molecule has 0 spiro atoms. The minimum Gasteiger partial charge on any atom is -0.224 e. The topological polar surface area (TPSA) is 34.1 Å². The van der Waals surface area contributed by atoms with E-state index in [1.165, 1.54) is 6.26 Å². The van der Waals surface area contributed by atoms with Crippen molar-refractivity contribution >= 4 is 9.84 Å². The van der Waals surface area contributed by atoms with E-state index in [-0.39, 0.29) is 0 Å². The molecule has 0 atom stereocenters. The first kappa shape index (κ1) is 11.8. The van der Waals surface area contributed by atoms with Gasteiger partial charge in [0.2, 0.25) is 0 Å². The molecule has 0 bridgehead atoms. The second kappa shape index (κ2) is 4.99. The Balaban J connectivity index is 2.76. The Labute approximate surface area is 91.2 Å². The van der Waals surface area contributed by atoms with Crippen LogP contribution in [0.4, 0.5) is 0 Å². The maximum absolute atomic E-state index is 11.2. The van der Waals surface area contributed by atoms with Gasteiger partial charge < -0.3 is 0 Å². The lowest BCUT2D eigenvalue weighted by Gasteiger charge is -2.00. The fourth-order valence-corrected chi connectivity index (χ4v) is 1.87. The van der Waals surface area contributed by atoms with Crippen LogP contribution in [0.25, 0.3) is 0 Å². The summed E-state index contributed by atoms with van der Waals surface area (Å²) < 4.78 is 22.4. The lowest BCUT2D eigenvalue weighted by molar-refractivity contribution is 0.602. The predicted molar refractivity (Wildman–Crippen MR) is 61.3 cm³/mol. The summed E-state index contributed by atoms with van der Waals surface area (Å²) in [6, 6.07) is 6.97. The van der Waals surface area contributed by atoms with Crippen molar-refractivity contribution in [1.29, 1.82) is 0 Å². The largest absolute Gasteiger partial charge is 0.224 e. The Morgan fingerprint density at radius 2 is 1.80 bits per heavy atom. The molecule has 80 valence electrons. The van der Waals surface area contributed by atoms with Crippen LogP contribution in [0.15, 0.2) is 29.2 Å². The zero-order chi connectivity index (χ0) is 11.3. The average molecular weight is 222 g/mol. The van der Waals surface area contributed by atoms with E-state index >= 15 is 0 Å². The van der Waals surface area contributed by atoms with Crippen LogP contribution >= 0.6 is 0 Å². The molecular formula is C12H14O2S. The first-order valence-electron chi connectivity index (χ1n) is 4.72. The molecule has 0 unspecified atom stereocenters. The highest BCUT2D eigenvalue weighted by atomic mass is 32.2. The van der Waals surface area contributed by atoms with Crippen molar-refractivity contribution in [2.24, 2.45) is 0 Å². The Bertz CT molecular complexity index is 473. The standard InChI is InChI=1S/C12H14O2S/c1-3-4-5-6-11-7-9-12(10-8-11)15(2,13)14/h7-10H,5-6H2,1-2H3. The first-order chi connectivity index (χ1) is 7.04. The highest BCUT2D eigenvalue weighted by Crippen LogP contribution is 2.11. The highest BCUT2D eigenvalue weighted by Gasteiger charge is 2.05. The molecule has 15 heavy (non-hydrogen) atoms. The summed E-state index contributed by atoms with van der Waals surface area (Å²) in [5, 5.41) is 0. The SMILES string of the molecule is CC#CCCc1ccc(S(C)(=O)=O)cc1. The Morgan fingerprint density at radius 1 is 1.20 bits per heavy atom. The van der Waals surface area contributed by atoms with Crippen molar-refractivity contribution in [2.45, 2.75) is 24.7 Å². The summed E-state index contributed by atoms with van der Waals surface area (Å²) in [7, 11) is -3.07. The minimum absolute atomic E-state index is 0.368. The van der Waals surface area contributed by atoms with E-state index in [9.17, 15) is 8.42 Å². The van der Waals surface area contributed by atoms with Crippen molar-refractivity contribution in [3.8, 4) is 11.8 Å². The average Bonchev–Trinajstić information content (AvgIpc) is 2.18. The molecule has 0 N–H and O–H groups in total. The smallest absolute Gasteiger partial charge is 0.175 e. The number of hydrogen-bond acceptors (Lipinski definition) is 2. The Kier molecular flexibility index (Phi) is 3.93. The van der Waals surface area contributed by atoms with E-state index in [0.717, 1.165) is 18.4 Å². The third kappa shape index (κ3) is 3.77. The van der Waals surface area contributed by atoms with E-state index in [2.05, 4.69) is 11.8 Å². The maximum atomic E-state index is 11.2. The van der Waals surface area contributed by atoms with Gasteiger partial charge in [-0.2, -0.15) is 0 Å². The van der Waals surface area contributed by atoms with E-state index in [0.29, 0.717) is 4.90 Å². The quantitative estimate of drug-likeness (QED) is 0.733. The normalized spacial score (nSPS) is 10.5. The van der Waals surface area contributed by atoms with Crippen molar-refractivity contribution in [2.75, 3.05) is 6.26 Å². The summed E-state index contributed by atoms with van der Waals surface area (Å²) in [6.07, 6.45) is 2.89. The fraction of sp³-hybridized carbons (Fsp3) is 0.333. The molecule has 0 saturated heterocycles. The predicted octanol–water partition coefficient (Wildman–Crippen LogP) is 2.05. The van der Waals surface area contributed by atoms with Gasteiger partial charge in [0, 0.05) is 12.7 Å². The second-order valence-electron chi connectivity index (χ2n) is 3.34. The monoisotopic (exact) mass is 222 g/mol. The summed E-state index contributed by atoms with van der Waals surface area (Å²) >= 11 is 0. The maximum Gasteiger partial charge on any atom is 0.175 e. The van der Waals surface area contributed by atoms with E-state index in [1.54, 1.807) is 12.1 Å². The van der Waals surface area contributed by atoms with Crippen LogP contribution in [0.2, 0.25) is 0 Å². The van der Waals surface area contributed by atoms with E-state index in [1.807, 2.05) is 19.1 Å². The van der Waals surface area contributed by atoms with Gasteiger partial charge in [0.1, 0.15) is 0 Å². The lowest BCUT2D eigenvalue weighted by Crippen LogP contribution is -1.96. The van der Waals surface area contributed by atoms with Crippen LogP contribution in [-0.4, -0.2) is 14.7 Å². The van der Waals surface area contributed by atoms with Gasteiger partial charge in [0.05, 0.1) is 4.90 Å². The number of rotatable bonds is 3. The molecule has 0 amide bonds. The fourth-order valence-electron chi connectivity index (χ4n) is 1.24. The van der Waals surface area contributed by atoms with Crippen LogP contribution in [-0.2, 0) is 16.3 Å². The molecule has 0 radical (unpaired) electrons. The number of hydrogen-bond donors (Lipinski definition) is 0. The zero-order valence-electron chi connectivity index (χ0n) is 8.95. The van der Waals surface area contributed by atoms with E-state index in [4.69, 9.17) is 0 Å². The van der Waals surface area contributed by atoms with Gasteiger partial charge in [-0.15, -0.1) is 11.8 Å². The molecule has 0 heterocycles. The molecule has 1 aromatic carbocycles. The summed E-state index contributed by atoms with van der Waals surface area (Å²) in [5.41, 5.74) is 1.12. The Morgan fingerprint density at radius 3 is 2.27 bits per heavy atom. The minimum atomic E-state index is -3.07. The van der Waals surface area contributed by atoms with Crippen LogP contribution in [0.1, 0.15) is 18.9 Å². The molecule has 0 aliphatic rings. The molecule has 1 aromatic rings. The van der Waals surface area contributed by atoms with Crippen LogP contribution in [0.3, 0.4) is 0 Å². The number of aryl methyl sites for hydroxylation is 1. The molecule has 1 rings (SSSR count). The van der Waals surface area contributed by atoms with Gasteiger partial charge in [-0.1, -0.05) is 12.1 Å². The first-order valence-corrected chi connectivity index (χ1v) is 6.62. The van der Waals surface area contributed by atoms with Crippen molar-refractivity contribution < 1.29 is 8.42 Å². The Hall–Kier alpha value is -1.27. The molecule has 3 heteroatoms. The van der Waals surface area contributed by atoms with Crippen LogP contribution in [0.5, 0.6) is 0 Å². The third-order valence-electron chi connectivity index (χ3n) is 2.07. The van der Waals surface area contributed by atoms with Gasteiger partial charge >= 0.3 is 0 Å². The van der Waals surface area contributed by atoms with Gasteiger partial charge in [-0.3, -0.25) is 0 Å². The number of benzene rings is 1. The molecule has 0 aromatic heterocycles. The van der Waals surface area contributed by atoms with Crippen molar-refractivity contribution in [3.63, 3.8) is 0 Å².